The van der Waals surface area contributed by atoms with Crippen LogP contribution in [0.25, 0.3) is 11.1 Å². The number of hydrogen-bond donors (Lipinski definition) is 1. The van der Waals surface area contributed by atoms with E-state index in [0.717, 1.165) is 42.9 Å². The molecule has 0 atom stereocenters. The lowest BCUT2D eigenvalue weighted by Gasteiger charge is -2.32. The van der Waals surface area contributed by atoms with Gasteiger partial charge in [0.05, 0.1) is 5.02 Å². The Labute approximate surface area is 177 Å². The highest BCUT2D eigenvalue weighted by Gasteiger charge is 2.27. The van der Waals surface area contributed by atoms with Gasteiger partial charge in [-0.15, -0.1) is 0 Å². The fraction of sp³-hybridized carbons (Fsp3) is 0.455. The van der Waals surface area contributed by atoms with Crippen molar-refractivity contribution >= 4 is 29.2 Å². The molecule has 0 radical (unpaired) electrons. The first kappa shape index (κ1) is 21.4. The molecule has 2 heterocycles. The Balaban J connectivity index is 1.94. The lowest BCUT2D eigenvalue weighted by atomic mass is 9.99. The Morgan fingerprint density at radius 1 is 1.31 bits per heavy atom. The van der Waals surface area contributed by atoms with Crippen LogP contribution >= 0.6 is 11.6 Å². The first-order chi connectivity index (χ1) is 13.7. The number of nitrogens with two attached hydrogens (primary N) is 1. The van der Waals surface area contributed by atoms with Crippen LogP contribution in [0, 0.1) is 5.92 Å². The summed E-state index contributed by atoms with van der Waals surface area (Å²) in [5, 5.41) is 0.504. The van der Waals surface area contributed by atoms with Gasteiger partial charge in [0, 0.05) is 37.2 Å². The molecule has 1 amide bonds. The summed E-state index contributed by atoms with van der Waals surface area (Å²) >= 11 is 6.33. The monoisotopic (exact) mass is 417 g/mol. The molecular formula is C22H28ClN3O3. The van der Waals surface area contributed by atoms with Gasteiger partial charge in [-0.05, 0) is 63.3 Å². The maximum atomic E-state index is 13.0. The van der Waals surface area contributed by atoms with Gasteiger partial charge in [-0.2, -0.15) is 0 Å². The van der Waals surface area contributed by atoms with E-state index in [4.69, 9.17) is 26.8 Å². The zero-order valence-electron chi connectivity index (χ0n) is 17.2. The van der Waals surface area contributed by atoms with Crippen LogP contribution in [0.3, 0.4) is 0 Å². The molecule has 6 nitrogen and oxygen atoms in total. The Hall–Kier alpha value is -2.31. The quantitative estimate of drug-likeness (QED) is 0.744. The second-order valence-corrected chi connectivity index (χ2v) is 8.69. The van der Waals surface area contributed by atoms with E-state index in [9.17, 15) is 4.79 Å². The third kappa shape index (κ3) is 5.84. The van der Waals surface area contributed by atoms with Crippen molar-refractivity contribution in [2.24, 2.45) is 5.92 Å². The minimum Gasteiger partial charge on any atom is -0.443 e. The maximum Gasteiger partial charge on any atom is 0.414 e. The number of pyridine rings is 1. The van der Waals surface area contributed by atoms with Crippen LogP contribution in [-0.2, 0) is 9.47 Å². The van der Waals surface area contributed by atoms with Crippen molar-refractivity contribution in [1.82, 2.24) is 4.98 Å². The molecule has 1 aliphatic rings. The standard InChI is InChI=1S/C22H28ClN3O3/c1-22(2,3)29-21(27)26(14-15-7-9-28-10-8-15)17-6-4-5-16(11-17)18-12-20(24)25-13-19(18)23/h4-6,11-13,15H,7-10,14H2,1-3H3,(H2,24,25). The third-order valence-corrected chi connectivity index (χ3v) is 5.04. The molecule has 0 bridgehead atoms. The van der Waals surface area contributed by atoms with Gasteiger partial charge in [-0.25, -0.2) is 9.78 Å². The highest BCUT2D eigenvalue weighted by atomic mass is 35.5. The Kier molecular flexibility index (Phi) is 6.65. The van der Waals surface area contributed by atoms with Crippen molar-refractivity contribution in [3.8, 4) is 11.1 Å². The van der Waals surface area contributed by atoms with E-state index in [2.05, 4.69) is 4.98 Å². The molecule has 1 aromatic carbocycles. The number of carbonyl (C=O) groups excluding carboxylic acids is 1. The van der Waals surface area contributed by atoms with E-state index in [1.165, 1.54) is 6.20 Å². The minimum absolute atomic E-state index is 0.360. The van der Waals surface area contributed by atoms with Gasteiger partial charge in [-0.1, -0.05) is 23.7 Å². The summed E-state index contributed by atoms with van der Waals surface area (Å²) in [7, 11) is 0. The number of carbonyl (C=O) groups is 1. The van der Waals surface area contributed by atoms with Gasteiger partial charge in [0.25, 0.3) is 0 Å². The van der Waals surface area contributed by atoms with Gasteiger partial charge in [-0.3, -0.25) is 4.90 Å². The number of benzene rings is 1. The summed E-state index contributed by atoms with van der Waals surface area (Å²) in [4.78, 5) is 18.7. The molecule has 0 unspecified atom stereocenters. The highest BCUT2D eigenvalue weighted by molar-refractivity contribution is 6.33. The van der Waals surface area contributed by atoms with Crippen molar-refractivity contribution in [2.75, 3.05) is 30.4 Å². The maximum absolute atomic E-state index is 13.0. The number of rotatable bonds is 4. The summed E-state index contributed by atoms with van der Waals surface area (Å²) in [6, 6.07) is 9.41. The van der Waals surface area contributed by atoms with E-state index in [-0.39, 0.29) is 6.09 Å². The summed E-state index contributed by atoms with van der Waals surface area (Å²) in [6.45, 7) is 7.62. The average Bonchev–Trinajstić information content (AvgIpc) is 2.67. The summed E-state index contributed by atoms with van der Waals surface area (Å²) in [5.41, 5.74) is 7.66. The first-order valence-electron chi connectivity index (χ1n) is 9.82. The van der Waals surface area contributed by atoms with E-state index in [1.807, 2.05) is 45.0 Å². The SMILES string of the molecule is CC(C)(C)OC(=O)N(CC1CCOCC1)c1cccc(-c2cc(N)ncc2Cl)c1. The number of nitrogens with zero attached hydrogens (tertiary/aromatic N) is 2. The molecular weight excluding hydrogens is 390 g/mol. The van der Waals surface area contributed by atoms with E-state index in [0.29, 0.717) is 23.3 Å². The van der Waals surface area contributed by atoms with Crippen molar-refractivity contribution < 1.29 is 14.3 Å². The molecule has 156 valence electrons. The Bertz CT molecular complexity index is 861. The normalized spacial score (nSPS) is 15.2. The molecule has 2 N–H and O–H groups in total. The largest absolute Gasteiger partial charge is 0.443 e. The Morgan fingerprint density at radius 3 is 2.72 bits per heavy atom. The topological polar surface area (TPSA) is 77.7 Å². The molecule has 1 aromatic heterocycles. The first-order valence-corrected chi connectivity index (χ1v) is 10.2. The van der Waals surface area contributed by atoms with Crippen molar-refractivity contribution in [3.63, 3.8) is 0 Å². The number of amides is 1. The molecule has 1 saturated heterocycles. The Morgan fingerprint density at radius 2 is 2.03 bits per heavy atom. The number of anilines is 2. The number of aromatic nitrogens is 1. The van der Waals surface area contributed by atoms with Crippen molar-refractivity contribution in [2.45, 2.75) is 39.2 Å². The van der Waals surface area contributed by atoms with Crippen LogP contribution in [0.5, 0.6) is 0 Å². The van der Waals surface area contributed by atoms with Gasteiger partial charge >= 0.3 is 6.09 Å². The third-order valence-electron chi connectivity index (χ3n) is 4.74. The van der Waals surface area contributed by atoms with Crippen LogP contribution in [0.2, 0.25) is 5.02 Å². The lowest BCUT2D eigenvalue weighted by molar-refractivity contribution is 0.0515. The predicted octanol–water partition coefficient (Wildman–Crippen LogP) is 5.15. The zero-order chi connectivity index (χ0) is 21.0. The molecule has 0 aliphatic carbocycles. The van der Waals surface area contributed by atoms with E-state index < -0.39 is 5.60 Å². The molecule has 0 saturated carbocycles. The molecule has 0 spiro atoms. The molecule has 3 rings (SSSR count). The summed E-state index contributed by atoms with van der Waals surface area (Å²) in [6.07, 6.45) is 3.02. The molecule has 29 heavy (non-hydrogen) atoms. The summed E-state index contributed by atoms with van der Waals surface area (Å²) < 4.78 is 11.1. The van der Waals surface area contributed by atoms with Crippen molar-refractivity contribution in [3.05, 3.63) is 41.6 Å². The van der Waals surface area contributed by atoms with Gasteiger partial charge in [0.1, 0.15) is 11.4 Å². The number of ether oxygens (including phenoxy) is 2. The smallest absolute Gasteiger partial charge is 0.414 e. The fourth-order valence-electron chi connectivity index (χ4n) is 3.31. The van der Waals surface area contributed by atoms with Gasteiger partial charge in [0.15, 0.2) is 0 Å². The fourth-order valence-corrected chi connectivity index (χ4v) is 3.52. The number of hydrogen-bond acceptors (Lipinski definition) is 5. The molecule has 1 fully saturated rings. The minimum atomic E-state index is -0.578. The van der Waals surface area contributed by atoms with Crippen LogP contribution < -0.4 is 10.6 Å². The highest BCUT2D eigenvalue weighted by Crippen LogP contribution is 2.32. The second kappa shape index (κ2) is 9.01. The number of halogens is 1. The van der Waals surface area contributed by atoms with Crippen LogP contribution in [0.1, 0.15) is 33.6 Å². The van der Waals surface area contributed by atoms with Crippen LogP contribution in [0.4, 0.5) is 16.3 Å². The van der Waals surface area contributed by atoms with E-state index in [1.54, 1.807) is 11.0 Å². The summed E-state index contributed by atoms with van der Waals surface area (Å²) in [5.74, 6) is 0.751. The predicted molar refractivity (Wildman–Crippen MR) is 116 cm³/mol. The van der Waals surface area contributed by atoms with Gasteiger partial charge < -0.3 is 15.2 Å². The molecule has 1 aliphatic heterocycles. The van der Waals surface area contributed by atoms with Gasteiger partial charge in [0.2, 0.25) is 0 Å². The molecule has 2 aromatic rings. The van der Waals surface area contributed by atoms with Crippen molar-refractivity contribution in [1.29, 1.82) is 0 Å². The van der Waals surface area contributed by atoms with E-state index >= 15 is 0 Å². The molecule has 7 heteroatoms. The number of nitrogen functional groups attached to an aromatic ring is 1. The lowest BCUT2D eigenvalue weighted by Crippen LogP contribution is -2.40. The average molecular weight is 418 g/mol. The zero-order valence-corrected chi connectivity index (χ0v) is 17.9. The van der Waals surface area contributed by atoms with Crippen LogP contribution in [0.15, 0.2) is 36.5 Å². The van der Waals surface area contributed by atoms with Crippen LogP contribution in [-0.4, -0.2) is 36.4 Å². The second-order valence-electron chi connectivity index (χ2n) is 8.29.